The third-order valence-corrected chi connectivity index (χ3v) is 7.30. The summed E-state index contributed by atoms with van der Waals surface area (Å²) in [4.78, 5) is 20.3. The van der Waals surface area contributed by atoms with E-state index in [0.717, 1.165) is 58.7 Å². The van der Waals surface area contributed by atoms with E-state index in [4.69, 9.17) is 4.74 Å². The SMILES string of the molecule is O=C1CN(C2CCN(Cc3ccccc3)CC2)C2(CCOC2)CN1Cc1ccccc1. The summed E-state index contributed by atoms with van der Waals surface area (Å²) in [7, 11) is 0. The Balaban J connectivity index is 1.24. The van der Waals surface area contributed by atoms with Crippen LogP contribution in [0.15, 0.2) is 60.7 Å². The molecular weight excluding hydrogens is 386 g/mol. The second-order valence-electron chi connectivity index (χ2n) is 9.38. The Morgan fingerprint density at radius 3 is 2.16 bits per heavy atom. The maximum Gasteiger partial charge on any atom is 0.237 e. The van der Waals surface area contributed by atoms with Gasteiger partial charge in [-0.25, -0.2) is 0 Å². The van der Waals surface area contributed by atoms with E-state index in [1.165, 1.54) is 11.1 Å². The minimum Gasteiger partial charge on any atom is -0.379 e. The molecule has 3 fully saturated rings. The number of hydrogen-bond donors (Lipinski definition) is 0. The number of carbonyl (C=O) groups is 1. The van der Waals surface area contributed by atoms with Crippen LogP contribution in [0.2, 0.25) is 0 Å². The maximum absolute atomic E-state index is 13.1. The molecule has 1 amide bonds. The first-order chi connectivity index (χ1) is 15.2. The van der Waals surface area contributed by atoms with E-state index in [9.17, 15) is 4.79 Å². The molecule has 0 bridgehead atoms. The molecule has 5 nitrogen and oxygen atoms in total. The van der Waals surface area contributed by atoms with Gasteiger partial charge in [0, 0.05) is 32.3 Å². The summed E-state index contributed by atoms with van der Waals surface area (Å²) < 4.78 is 5.90. The van der Waals surface area contributed by atoms with Gasteiger partial charge < -0.3 is 9.64 Å². The lowest BCUT2D eigenvalue weighted by molar-refractivity contribution is -0.148. The number of ether oxygens (including phenoxy) is 1. The van der Waals surface area contributed by atoms with E-state index in [1.807, 2.05) is 18.2 Å². The van der Waals surface area contributed by atoms with Crippen molar-refractivity contribution >= 4 is 5.91 Å². The fourth-order valence-electron chi connectivity index (χ4n) is 5.59. The third-order valence-electron chi connectivity index (χ3n) is 7.30. The molecule has 5 heteroatoms. The zero-order valence-corrected chi connectivity index (χ0v) is 18.3. The number of benzene rings is 2. The summed E-state index contributed by atoms with van der Waals surface area (Å²) in [6, 6.07) is 21.5. The van der Waals surface area contributed by atoms with Crippen LogP contribution >= 0.6 is 0 Å². The van der Waals surface area contributed by atoms with Crippen LogP contribution in [0.4, 0.5) is 0 Å². The van der Waals surface area contributed by atoms with Crippen LogP contribution in [-0.2, 0) is 22.6 Å². The number of carbonyl (C=O) groups excluding carboxylic acids is 1. The number of rotatable bonds is 5. The minimum absolute atomic E-state index is 0.0189. The third kappa shape index (κ3) is 4.54. The average molecular weight is 420 g/mol. The highest BCUT2D eigenvalue weighted by Gasteiger charge is 2.49. The molecular formula is C26H33N3O2. The Morgan fingerprint density at radius 1 is 0.903 bits per heavy atom. The van der Waals surface area contributed by atoms with E-state index >= 15 is 0 Å². The summed E-state index contributed by atoms with van der Waals surface area (Å²) in [6.45, 7) is 6.76. The quantitative estimate of drug-likeness (QED) is 0.746. The highest BCUT2D eigenvalue weighted by molar-refractivity contribution is 5.79. The molecule has 1 unspecified atom stereocenters. The molecule has 0 saturated carbocycles. The van der Waals surface area contributed by atoms with Gasteiger partial charge in [0.25, 0.3) is 0 Å². The average Bonchev–Trinajstić information content (AvgIpc) is 3.27. The van der Waals surface area contributed by atoms with Crippen molar-refractivity contribution in [3.63, 3.8) is 0 Å². The van der Waals surface area contributed by atoms with Gasteiger partial charge in [-0.1, -0.05) is 60.7 Å². The summed E-state index contributed by atoms with van der Waals surface area (Å²) in [5.41, 5.74) is 2.56. The van der Waals surface area contributed by atoms with Crippen LogP contribution in [0.25, 0.3) is 0 Å². The zero-order valence-electron chi connectivity index (χ0n) is 18.3. The Kier molecular flexibility index (Phi) is 6.08. The van der Waals surface area contributed by atoms with Gasteiger partial charge in [-0.05, 0) is 43.5 Å². The maximum atomic E-state index is 13.1. The normalized spacial score (nSPS) is 26.1. The number of likely N-dealkylation sites (tertiary alicyclic amines) is 1. The topological polar surface area (TPSA) is 36.0 Å². The first kappa shape index (κ1) is 20.7. The molecule has 3 heterocycles. The van der Waals surface area contributed by atoms with Crippen LogP contribution in [-0.4, -0.2) is 71.6 Å². The Hall–Kier alpha value is -2.21. The van der Waals surface area contributed by atoms with Crippen molar-refractivity contribution in [1.82, 2.24) is 14.7 Å². The molecule has 2 aromatic carbocycles. The number of nitrogens with zero attached hydrogens (tertiary/aromatic N) is 3. The zero-order chi connectivity index (χ0) is 21.1. The van der Waals surface area contributed by atoms with Crippen molar-refractivity contribution in [1.29, 1.82) is 0 Å². The van der Waals surface area contributed by atoms with Crippen LogP contribution in [0.5, 0.6) is 0 Å². The molecule has 3 saturated heterocycles. The lowest BCUT2D eigenvalue weighted by atomic mass is 9.87. The Labute approximate surface area is 185 Å². The van der Waals surface area contributed by atoms with E-state index in [2.05, 4.69) is 57.2 Å². The number of piperazine rings is 1. The highest BCUT2D eigenvalue weighted by Crippen LogP contribution is 2.35. The second kappa shape index (κ2) is 9.11. The molecule has 164 valence electrons. The van der Waals surface area contributed by atoms with Gasteiger partial charge in [0.15, 0.2) is 0 Å². The molecule has 0 aromatic heterocycles. The van der Waals surface area contributed by atoms with Crippen molar-refractivity contribution in [3.05, 3.63) is 71.8 Å². The largest absolute Gasteiger partial charge is 0.379 e. The van der Waals surface area contributed by atoms with Crippen LogP contribution < -0.4 is 0 Å². The van der Waals surface area contributed by atoms with Crippen LogP contribution in [0, 0.1) is 0 Å². The summed E-state index contributed by atoms with van der Waals surface area (Å²) in [5, 5.41) is 0. The van der Waals surface area contributed by atoms with Gasteiger partial charge in [-0.2, -0.15) is 0 Å². The summed E-state index contributed by atoms with van der Waals surface area (Å²) in [5.74, 6) is 0.257. The molecule has 1 atom stereocenters. The molecule has 0 aliphatic carbocycles. The lowest BCUT2D eigenvalue weighted by Gasteiger charge is -2.52. The number of amides is 1. The molecule has 1 spiro atoms. The molecule has 31 heavy (non-hydrogen) atoms. The van der Waals surface area contributed by atoms with Gasteiger partial charge in [0.1, 0.15) is 0 Å². The Morgan fingerprint density at radius 2 is 1.55 bits per heavy atom. The number of piperidine rings is 1. The van der Waals surface area contributed by atoms with Gasteiger partial charge in [0.05, 0.1) is 18.7 Å². The van der Waals surface area contributed by atoms with Gasteiger partial charge in [-0.15, -0.1) is 0 Å². The molecule has 3 aliphatic rings. The predicted molar refractivity (Wildman–Crippen MR) is 121 cm³/mol. The predicted octanol–water partition coefficient (Wildman–Crippen LogP) is 3.15. The van der Waals surface area contributed by atoms with E-state index in [-0.39, 0.29) is 11.4 Å². The number of hydrogen-bond acceptors (Lipinski definition) is 4. The van der Waals surface area contributed by atoms with Crippen molar-refractivity contribution in [2.45, 2.75) is 43.9 Å². The van der Waals surface area contributed by atoms with Gasteiger partial charge in [-0.3, -0.25) is 14.6 Å². The van der Waals surface area contributed by atoms with E-state index < -0.39 is 0 Å². The first-order valence-corrected chi connectivity index (χ1v) is 11.6. The smallest absolute Gasteiger partial charge is 0.237 e. The summed E-state index contributed by atoms with van der Waals surface area (Å²) in [6.07, 6.45) is 3.27. The van der Waals surface area contributed by atoms with E-state index in [1.54, 1.807) is 0 Å². The molecule has 2 aromatic rings. The lowest BCUT2D eigenvalue weighted by Crippen LogP contribution is -2.68. The first-order valence-electron chi connectivity index (χ1n) is 11.6. The standard InChI is InChI=1S/C26H33N3O2/c30-25-19-29(24-11-14-27(15-12-24)17-22-7-3-1-4-8-22)26(13-16-31-21-26)20-28(25)18-23-9-5-2-6-10-23/h1-10,24H,11-21H2. The van der Waals surface area contributed by atoms with Crippen LogP contribution in [0.3, 0.4) is 0 Å². The Bertz CT molecular complexity index is 859. The van der Waals surface area contributed by atoms with Crippen LogP contribution in [0.1, 0.15) is 30.4 Å². The molecule has 5 rings (SSSR count). The van der Waals surface area contributed by atoms with Crippen molar-refractivity contribution in [2.75, 3.05) is 39.4 Å². The van der Waals surface area contributed by atoms with Crippen molar-refractivity contribution in [2.24, 2.45) is 0 Å². The summed E-state index contributed by atoms with van der Waals surface area (Å²) >= 11 is 0. The molecule has 0 radical (unpaired) electrons. The van der Waals surface area contributed by atoms with E-state index in [0.29, 0.717) is 19.1 Å². The van der Waals surface area contributed by atoms with Gasteiger partial charge >= 0.3 is 0 Å². The molecule has 0 N–H and O–H groups in total. The molecule has 3 aliphatic heterocycles. The van der Waals surface area contributed by atoms with Crippen molar-refractivity contribution < 1.29 is 9.53 Å². The second-order valence-corrected chi connectivity index (χ2v) is 9.38. The van der Waals surface area contributed by atoms with Gasteiger partial charge in [0.2, 0.25) is 5.91 Å². The van der Waals surface area contributed by atoms with Crippen molar-refractivity contribution in [3.8, 4) is 0 Å². The fourth-order valence-corrected chi connectivity index (χ4v) is 5.59. The monoisotopic (exact) mass is 419 g/mol. The fraction of sp³-hybridized carbons (Fsp3) is 0.500. The minimum atomic E-state index is -0.0189. The highest BCUT2D eigenvalue weighted by atomic mass is 16.5.